The average Bonchev–Trinajstić information content (AvgIpc) is 2.88. The van der Waals surface area contributed by atoms with Crippen molar-refractivity contribution in [1.29, 1.82) is 0 Å². The maximum atomic E-state index is 3.48. The van der Waals surface area contributed by atoms with Crippen molar-refractivity contribution < 1.29 is 0 Å². The van der Waals surface area contributed by atoms with E-state index < -0.39 is 0 Å². The lowest BCUT2D eigenvalue weighted by Crippen LogP contribution is -2.47. The zero-order valence-corrected chi connectivity index (χ0v) is 12.1. The number of nitrogens with one attached hydrogen (secondary N) is 1. The molecule has 2 fully saturated rings. The molecule has 2 heterocycles. The Kier molecular flexibility index (Phi) is 4.24. The molecule has 0 unspecified atom stereocenters. The summed E-state index contributed by atoms with van der Waals surface area (Å²) in [6.07, 6.45) is 9.33. The van der Waals surface area contributed by atoms with Crippen LogP contribution in [0.2, 0.25) is 0 Å². The molecule has 0 aromatic carbocycles. The number of nitrogens with zero attached hydrogens (tertiary/aromatic N) is 2. The first-order valence-electron chi connectivity index (χ1n) is 7.92. The van der Waals surface area contributed by atoms with Crippen molar-refractivity contribution in [3.05, 3.63) is 24.0 Å². The van der Waals surface area contributed by atoms with Crippen molar-refractivity contribution in [3.63, 3.8) is 0 Å². The van der Waals surface area contributed by atoms with Crippen LogP contribution in [0.3, 0.4) is 0 Å². The van der Waals surface area contributed by atoms with Crippen LogP contribution in [-0.2, 0) is 7.05 Å². The summed E-state index contributed by atoms with van der Waals surface area (Å²) >= 11 is 0. The third-order valence-corrected chi connectivity index (χ3v) is 4.93. The van der Waals surface area contributed by atoms with Crippen LogP contribution in [0.1, 0.15) is 43.8 Å². The van der Waals surface area contributed by atoms with E-state index in [4.69, 9.17) is 0 Å². The highest BCUT2D eigenvalue weighted by molar-refractivity contribution is 5.14. The minimum Gasteiger partial charge on any atom is -0.353 e. The van der Waals surface area contributed by atoms with E-state index in [0.29, 0.717) is 6.04 Å². The summed E-state index contributed by atoms with van der Waals surface area (Å²) in [5.74, 6) is 0.862. The second kappa shape index (κ2) is 6.10. The molecule has 1 N–H and O–H groups in total. The van der Waals surface area contributed by atoms with Crippen molar-refractivity contribution >= 4 is 0 Å². The Hall–Kier alpha value is -0.800. The number of hydrogen-bond donors (Lipinski definition) is 1. The largest absolute Gasteiger partial charge is 0.353 e. The highest BCUT2D eigenvalue weighted by Crippen LogP contribution is 2.38. The van der Waals surface area contributed by atoms with Gasteiger partial charge in [0.05, 0.1) is 6.04 Å². The highest BCUT2D eigenvalue weighted by Gasteiger charge is 2.32. The molecule has 3 heteroatoms. The summed E-state index contributed by atoms with van der Waals surface area (Å²) in [5, 5.41) is 3.48. The predicted octanol–water partition coefficient (Wildman–Crippen LogP) is 2.55. The van der Waals surface area contributed by atoms with Crippen LogP contribution in [0.15, 0.2) is 18.3 Å². The number of rotatable bonds is 3. The molecule has 0 spiro atoms. The van der Waals surface area contributed by atoms with E-state index in [2.05, 4.69) is 40.2 Å². The van der Waals surface area contributed by atoms with Crippen molar-refractivity contribution in [2.45, 2.75) is 38.1 Å². The Morgan fingerprint density at radius 3 is 2.53 bits per heavy atom. The molecule has 0 radical (unpaired) electrons. The average molecular weight is 261 g/mol. The topological polar surface area (TPSA) is 20.2 Å². The van der Waals surface area contributed by atoms with Crippen LogP contribution in [0.5, 0.6) is 0 Å². The lowest BCUT2D eigenvalue weighted by molar-refractivity contribution is 0.0983. The summed E-state index contributed by atoms with van der Waals surface area (Å²) in [7, 11) is 2.20. The van der Waals surface area contributed by atoms with Gasteiger partial charge >= 0.3 is 0 Å². The molecule has 1 aromatic rings. The number of hydrogen-bond acceptors (Lipinski definition) is 2. The van der Waals surface area contributed by atoms with Crippen molar-refractivity contribution in [2.24, 2.45) is 13.0 Å². The summed E-state index contributed by atoms with van der Waals surface area (Å²) in [4.78, 5) is 2.72. The van der Waals surface area contributed by atoms with Gasteiger partial charge in [0, 0.05) is 45.1 Å². The molecule has 1 saturated carbocycles. The zero-order chi connectivity index (χ0) is 13.1. The van der Waals surface area contributed by atoms with Gasteiger partial charge in [-0.1, -0.05) is 19.3 Å². The van der Waals surface area contributed by atoms with E-state index in [1.165, 1.54) is 50.9 Å². The maximum Gasteiger partial charge on any atom is 0.0529 e. The van der Waals surface area contributed by atoms with Crippen molar-refractivity contribution in [1.82, 2.24) is 14.8 Å². The van der Waals surface area contributed by atoms with Gasteiger partial charge < -0.3 is 9.88 Å². The van der Waals surface area contributed by atoms with Gasteiger partial charge in [0.2, 0.25) is 0 Å². The summed E-state index contributed by atoms with van der Waals surface area (Å²) in [6.45, 7) is 4.69. The molecule has 0 bridgehead atoms. The standard InChI is InChI=1S/C16H27N3/c1-18-11-5-8-15(18)16(14-6-3-2-4-7-14)19-12-9-17-10-13-19/h5,8,11,14,16-17H,2-4,6-7,9-10,12-13H2,1H3/t16-/m0/s1. The Bertz CT molecular complexity index is 368. The molecular formula is C16H27N3. The quantitative estimate of drug-likeness (QED) is 0.902. The summed E-state index contributed by atoms with van der Waals surface area (Å²) in [6, 6.07) is 5.18. The first kappa shape index (κ1) is 13.2. The third-order valence-electron chi connectivity index (χ3n) is 4.93. The zero-order valence-electron chi connectivity index (χ0n) is 12.1. The van der Waals surface area contributed by atoms with Crippen molar-refractivity contribution in [2.75, 3.05) is 26.2 Å². The monoisotopic (exact) mass is 261 g/mol. The number of piperazine rings is 1. The summed E-state index contributed by atoms with van der Waals surface area (Å²) in [5.41, 5.74) is 1.52. The van der Waals surface area contributed by atoms with E-state index in [1.54, 1.807) is 0 Å². The Morgan fingerprint density at radius 2 is 1.89 bits per heavy atom. The molecule has 106 valence electrons. The number of aryl methyl sites for hydroxylation is 1. The molecule has 1 atom stereocenters. The fourth-order valence-corrected chi connectivity index (χ4v) is 3.92. The van der Waals surface area contributed by atoms with Crippen molar-refractivity contribution in [3.8, 4) is 0 Å². The first-order valence-corrected chi connectivity index (χ1v) is 7.92. The Labute approximate surface area is 117 Å². The Balaban J connectivity index is 1.83. The van der Waals surface area contributed by atoms with Crippen LogP contribution >= 0.6 is 0 Å². The van der Waals surface area contributed by atoms with E-state index in [-0.39, 0.29) is 0 Å². The molecule has 1 saturated heterocycles. The minimum absolute atomic E-state index is 0.641. The van der Waals surface area contributed by atoms with Gasteiger partial charge in [-0.05, 0) is 30.9 Å². The molecule has 1 aliphatic heterocycles. The van der Waals surface area contributed by atoms with Gasteiger partial charge in [0.1, 0.15) is 0 Å². The molecule has 1 aliphatic carbocycles. The van der Waals surface area contributed by atoms with Gasteiger partial charge in [-0.15, -0.1) is 0 Å². The van der Waals surface area contributed by atoms with Crippen LogP contribution in [0, 0.1) is 5.92 Å². The highest BCUT2D eigenvalue weighted by atomic mass is 15.2. The second-order valence-electron chi connectivity index (χ2n) is 6.17. The smallest absolute Gasteiger partial charge is 0.0529 e. The molecule has 19 heavy (non-hydrogen) atoms. The van der Waals surface area contributed by atoms with E-state index in [0.717, 1.165) is 19.0 Å². The molecule has 3 rings (SSSR count). The van der Waals surface area contributed by atoms with E-state index in [9.17, 15) is 0 Å². The number of aromatic nitrogens is 1. The minimum atomic E-state index is 0.641. The predicted molar refractivity (Wildman–Crippen MR) is 79.2 cm³/mol. The van der Waals surface area contributed by atoms with Crippen LogP contribution in [0.4, 0.5) is 0 Å². The molecular weight excluding hydrogens is 234 g/mol. The third kappa shape index (κ3) is 2.87. The van der Waals surface area contributed by atoms with Crippen LogP contribution < -0.4 is 5.32 Å². The van der Waals surface area contributed by atoms with Gasteiger partial charge in [-0.2, -0.15) is 0 Å². The Morgan fingerprint density at radius 1 is 1.16 bits per heavy atom. The maximum absolute atomic E-state index is 3.48. The van der Waals surface area contributed by atoms with Gasteiger partial charge in [-0.3, -0.25) is 4.90 Å². The normalized spacial score (nSPS) is 24.5. The summed E-state index contributed by atoms with van der Waals surface area (Å²) < 4.78 is 2.33. The van der Waals surface area contributed by atoms with Gasteiger partial charge in [0.15, 0.2) is 0 Å². The molecule has 1 aromatic heterocycles. The molecule has 2 aliphatic rings. The van der Waals surface area contributed by atoms with Crippen LogP contribution in [-0.4, -0.2) is 35.6 Å². The van der Waals surface area contributed by atoms with Crippen LogP contribution in [0.25, 0.3) is 0 Å². The first-order chi connectivity index (χ1) is 9.36. The van der Waals surface area contributed by atoms with Gasteiger partial charge in [0.25, 0.3) is 0 Å². The lowest BCUT2D eigenvalue weighted by Gasteiger charge is -2.41. The van der Waals surface area contributed by atoms with E-state index in [1.807, 2.05) is 0 Å². The molecule has 3 nitrogen and oxygen atoms in total. The lowest BCUT2D eigenvalue weighted by atomic mass is 9.81. The second-order valence-corrected chi connectivity index (χ2v) is 6.17. The molecule has 0 amide bonds. The SMILES string of the molecule is Cn1cccc1[C@H](C1CCCCC1)N1CCNCC1. The fraction of sp³-hybridized carbons (Fsp3) is 0.750. The fourth-order valence-electron chi connectivity index (χ4n) is 3.92. The van der Waals surface area contributed by atoms with Gasteiger partial charge in [-0.25, -0.2) is 0 Å². The van der Waals surface area contributed by atoms with E-state index >= 15 is 0 Å².